The van der Waals surface area contributed by atoms with Crippen molar-refractivity contribution >= 4 is 0 Å². The summed E-state index contributed by atoms with van der Waals surface area (Å²) in [4.78, 5) is 2.47. The summed E-state index contributed by atoms with van der Waals surface area (Å²) < 4.78 is 5.74. The summed E-state index contributed by atoms with van der Waals surface area (Å²) in [5.41, 5.74) is 1.27. The van der Waals surface area contributed by atoms with Crippen LogP contribution in [0.25, 0.3) is 0 Å². The molecule has 0 amide bonds. The first kappa shape index (κ1) is 14.0. The van der Waals surface area contributed by atoms with Crippen molar-refractivity contribution in [2.75, 3.05) is 26.2 Å². The maximum Gasteiger partial charge on any atom is 0.119 e. The first-order valence-corrected chi connectivity index (χ1v) is 6.68. The maximum atomic E-state index is 5.74. The van der Waals surface area contributed by atoms with Crippen LogP contribution in [0.15, 0.2) is 24.3 Å². The second-order valence-electron chi connectivity index (χ2n) is 4.50. The molecule has 0 atom stereocenters. The fraction of sp³-hybridized carbons (Fsp3) is 0.600. The topological polar surface area (TPSA) is 12.5 Å². The van der Waals surface area contributed by atoms with E-state index >= 15 is 0 Å². The Labute approximate surface area is 106 Å². The number of ether oxygens (including phenoxy) is 1. The Kier molecular flexibility index (Phi) is 6.71. The van der Waals surface area contributed by atoms with Crippen molar-refractivity contribution in [1.82, 2.24) is 4.90 Å². The van der Waals surface area contributed by atoms with E-state index in [-0.39, 0.29) is 0 Å². The molecule has 0 radical (unpaired) electrons. The van der Waals surface area contributed by atoms with Crippen molar-refractivity contribution in [3.8, 4) is 5.75 Å². The highest BCUT2D eigenvalue weighted by Gasteiger charge is 2.02. The van der Waals surface area contributed by atoms with Gasteiger partial charge in [0.25, 0.3) is 0 Å². The van der Waals surface area contributed by atoms with Crippen LogP contribution in [0.2, 0.25) is 0 Å². The molecule has 1 aromatic rings. The minimum Gasteiger partial charge on any atom is -0.492 e. The zero-order chi connectivity index (χ0) is 12.5. The highest BCUT2D eigenvalue weighted by Crippen LogP contribution is 2.11. The molecule has 0 aliphatic heterocycles. The first-order valence-electron chi connectivity index (χ1n) is 6.68. The fourth-order valence-electron chi connectivity index (χ4n) is 1.89. The highest BCUT2D eigenvalue weighted by molar-refractivity contribution is 5.26. The molecular formula is C15H25NO. The number of benzene rings is 1. The molecule has 0 aliphatic rings. The third kappa shape index (κ3) is 5.73. The lowest BCUT2D eigenvalue weighted by Crippen LogP contribution is -2.30. The normalized spacial score (nSPS) is 10.8. The minimum absolute atomic E-state index is 0.781. The van der Waals surface area contributed by atoms with Crippen LogP contribution in [0, 0.1) is 6.92 Å². The monoisotopic (exact) mass is 235 g/mol. The zero-order valence-electron chi connectivity index (χ0n) is 11.4. The third-order valence-corrected chi connectivity index (χ3v) is 2.78. The largest absolute Gasteiger partial charge is 0.492 e. The summed E-state index contributed by atoms with van der Waals surface area (Å²) >= 11 is 0. The van der Waals surface area contributed by atoms with Gasteiger partial charge < -0.3 is 4.74 Å². The molecule has 0 fully saturated rings. The number of hydrogen-bond acceptors (Lipinski definition) is 2. The van der Waals surface area contributed by atoms with Crippen LogP contribution in [0.5, 0.6) is 5.75 Å². The van der Waals surface area contributed by atoms with Crippen LogP contribution in [0.1, 0.15) is 32.3 Å². The molecule has 0 unspecified atom stereocenters. The highest BCUT2D eigenvalue weighted by atomic mass is 16.5. The predicted molar refractivity (Wildman–Crippen MR) is 73.7 cm³/mol. The van der Waals surface area contributed by atoms with Crippen molar-refractivity contribution in [2.24, 2.45) is 0 Å². The summed E-state index contributed by atoms with van der Waals surface area (Å²) in [6, 6.07) is 8.26. The molecule has 0 aliphatic carbocycles. The summed E-state index contributed by atoms with van der Waals surface area (Å²) in [6.07, 6.45) is 2.43. The van der Waals surface area contributed by atoms with Crippen molar-refractivity contribution in [3.63, 3.8) is 0 Å². The van der Waals surface area contributed by atoms with Crippen molar-refractivity contribution in [3.05, 3.63) is 29.8 Å². The Balaban J connectivity index is 2.27. The molecule has 0 N–H and O–H groups in total. The SMILES string of the molecule is CCCN(CCC)CCOc1ccc(C)cc1. The lowest BCUT2D eigenvalue weighted by Gasteiger charge is -2.20. The standard InChI is InChI=1S/C15H25NO/c1-4-10-16(11-5-2)12-13-17-15-8-6-14(3)7-9-15/h6-9H,4-5,10-13H2,1-3H3. The fourth-order valence-corrected chi connectivity index (χ4v) is 1.89. The van der Waals surface area contributed by atoms with Crippen molar-refractivity contribution in [1.29, 1.82) is 0 Å². The number of aryl methyl sites for hydroxylation is 1. The molecule has 0 saturated heterocycles. The van der Waals surface area contributed by atoms with Gasteiger partial charge >= 0.3 is 0 Å². The average molecular weight is 235 g/mol. The summed E-state index contributed by atoms with van der Waals surface area (Å²) in [5.74, 6) is 0.976. The van der Waals surface area contributed by atoms with Gasteiger partial charge in [-0.25, -0.2) is 0 Å². The molecule has 0 saturated carbocycles. The maximum absolute atomic E-state index is 5.74. The van der Waals surface area contributed by atoms with Crippen LogP contribution >= 0.6 is 0 Å². The van der Waals surface area contributed by atoms with E-state index < -0.39 is 0 Å². The Bertz CT molecular complexity index is 288. The molecule has 2 nitrogen and oxygen atoms in total. The molecule has 2 heteroatoms. The van der Waals surface area contributed by atoms with Gasteiger partial charge in [0, 0.05) is 6.54 Å². The van der Waals surface area contributed by atoms with E-state index in [4.69, 9.17) is 4.74 Å². The van der Waals surface area contributed by atoms with Crippen LogP contribution in [-0.2, 0) is 0 Å². The third-order valence-electron chi connectivity index (χ3n) is 2.78. The molecular weight excluding hydrogens is 210 g/mol. The number of hydrogen-bond donors (Lipinski definition) is 0. The van der Waals surface area contributed by atoms with E-state index in [0.717, 1.165) is 18.9 Å². The Morgan fingerprint density at radius 1 is 0.941 bits per heavy atom. The van der Waals surface area contributed by atoms with E-state index in [2.05, 4.69) is 37.8 Å². The van der Waals surface area contributed by atoms with Crippen molar-refractivity contribution in [2.45, 2.75) is 33.6 Å². The van der Waals surface area contributed by atoms with Crippen LogP contribution in [0.4, 0.5) is 0 Å². The summed E-state index contributed by atoms with van der Waals surface area (Å²) in [6.45, 7) is 10.7. The molecule has 96 valence electrons. The molecule has 1 rings (SSSR count). The van der Waals surface area contributed by atoms with Gasteiger partial charge in [-0.1, -0.05) is 31.5 Å². The van der Waals surface area contributed by atoms with E-state index in [0.29, 0.717) is 0 Å². The Hall–Kier alpha value is -1.02. The predicted octanol–water partition coefficient (Wildman–Crippen LogP) is 3.50. The van der Waals surface area contributed by atoms with Gasteiger partial charge in [0.15, 0.2) is 0 Å². The van der Waals surface area contributed by atoms with E-state index in [1.54, 1.807) is 0 Å². The van der Waals surface area contributed by atoms with Gasteiger partial charge in [0.1, 0.15) is 12.4 Å². The van der Waals surface area contributed by atoms with E-state index in [9.17, 15) is 0 Å². The van der Waals surface area contributed by atoms with Gasteiger partial charge in [-0.15, -0.1) is 0 Å². The molecule has 0 spiro atoms. The van der Waals surface area contributed by atoms with Gasteiger partial charge in [-0.05, 0) is 45.0 Å². The van der Waals surface area contributed by atoms with Gasteiger partial charge in [-0.3, -0.25) is 4.90 Å². The molecule has 17 heavy (non-hydrogen) atoms. The Morgan fingerprint density at radius 3 is 2.06 bits per heavy atom. The molecule has 0 aromatic heterocycles. The molecule has 1 aromatic carbocycles. The van der Waals surface area contributed by atoms with Crippen LogP contribution < -0.4 is 4.74 Å². The minimum atomic E-state index is 0.781. The van der Waals surface area contributed by atoms with E-state index in [1.165, 1.54) is 31.5 Å². The lowest BCUT2D eigenvalue weighted by atomic mass is 10.2. The number of nitrogens with zero attached hydrogens (tertiary/aromatic N) is 1. The van der Waals surface area contributed by atoms with E-state index in [1.807, 2.05) is 12.1 Å². The average Bonchev–Trinajstić information content (AvgIpc) is 2.32. The first-order chi connectivity index (χ1) is 8.26. The van der Waals surface area contributed by atoms with Gasteiger partial charge in [-0.2, -0.15) is 0 Å². The second-order valence-corrected chi connectivity index (χ2v) is 4.50. The van der Waals surface area contributed by atoms with Gasteiger partial charge in [0.2, 0.25) is 0 Å². The van der Waals surface area contributed by atoms with Crippen molar-refractivity contribution < 1.29 is 4.74 Å². The quantitative estimate of drug-likeness (QED) is 0.684. The van der Waals surface area contributed by atoms with Crippen LogP contribution in [-0.4, -0.2) is 31.1 Å². The summed E-state index contributed by atoms with van der Waals surface area (Å²) in [5, 5.41) is 0. The number of rotatable bonds is 8. The Morgan fingerprint density at radius 2 is 1.53 bits per heavy atom. The molecule has 0 bridgehead atoms. The van der Waals surface area contributed by atoms with Crippen LogP contribution in [0.3, 0.4) is 0 Å². The molecule has 0 heterocycles. The summed E-state index contributed by atoms with van der Waals surface area (Å²) in [7, 11) is 0. The zero-order valence-corrected chi connectivity index (χ0v) is 11.4. The lowest BCUT2D eigenvalue weighted by molar-refractivity contribution is 0.209. The van der Waals surface area contributed by atoms with Gasteiger partial charge in [0.05, 0.1) is 0 Å². The second kappa shape index (κ2) is 8.13. The smallest absolute Gasteiger partial charge is 0.119 e.